The van der Waals surface area contributed by atoms with Gasteiger partial charge in [-0.3, -0.25) is 0 Å². The highest BCUT2D eigenvalue weighted by atomic mass is 32.2. The van der Waals surface area contributed by atoms with Crippen molar-refractivity contribution in [3.8, 4) is 0 Å². The number of nitrogens with two attached hydrogens (primary N) is 1. The summed E-state index contributed by atoms with van der Waals surface area (Å²) < 4.78 is 0. The molecule has 0 amide bonds. The van der Waals surface area contributed by atoms with E-state index in [1.54, 1.807) is 11.8 Å². The molecule has 0 aromatic heterocycles. The Bertz CT molecular complexity index is 333. The minimum atomic E-state index is 0.209. The minimum absolute atomic E-state index is 0.209. The number of nitrogens with zero attached hydrogens (tertiary/aromatic N) is 1. The highest BCUT2D eigenvalue weighted by Crippen LogP contribution is 2.35. The zero-order valence-electron chi connectivity index (χ0n) is 6.82. The second-order valence-electron chi connectivity index (χ2n) is 2.69. The molecule has 1 atom stereocenters. The fourth-order valence-corrected chi connectivity index (χ4v) is 2.07. The highest BCUT2D eigenvalue weighted by molar-refractivity contribution is 7.98. The van der Waals surface area contributed by atoms with Crippen LogP contribution in [0.1, 0.15) is 16.5 Å². The van der Waals surface area contributed by atoms with Crippen LogP contribution >= 0.6 is 11.8 Å². The lowest BCUT2D eigenvalue weighted by atomic mass is 10.1. The summed E-state index contributed by atoms with van der Waals surface area (Å²) in [4.78, 5) is 4.33. The van der Waals surface area contributed by atoms with Crippen LogP contribution in [0.15, 0.2) is 29.3 Å². The smallest absolute Gasteiger partial charge is 0.127 e. The maximum atomic E-state index is 5.75. The summed E-state index contributed by atoms with van der Waals surface area (Å²) in [6.07, 6.45) is 2.05. The molecule has 0 bridgehead atoms. The van der Waals surface area contributed by atoms with Crippen molar-refractivity contribution in [1.82, 2.24) is 0 Å². The van der Waals surface area contributed by atoms with E-state index in [0.29, 0.717) is 5.84 Å². The second kappa shape index (κ2) is 2.83. The fourth-order valence-electron chi connectivity index (χ4n) is 1.39. The van der Waals surface area contributed by atoms with Crippen LogP contribution < -0.4 is 5.73 Å². The predicted octanol–water partition coefficient (Wildman–Crippen LogP) is 1.77. The molecule has 12 heavy (non-hydrogen) atoms. The molecule has 0 aliphatic carbocycles. The van der Waals surface area contributed by atoms with E-state index in [0.717, 1.165) is 5.56 Å². The normalized spacial score (nSPS) is 20.4. The molecule has 1 heterocycles. The Morgan fingerprint density at radius 3 is 2.92 bits per heavy atom. The largest absolute Gasteiger partial charge is 0.383 e. The fraction of sp³-hybridized carbons (Fsp3) is 0.222. The van der Waals surface area contributed by atoms with Crippen molar-refractivity contribution in [3.05, 3.63) is 35.4 Å². The van der Waals surface area contributed by atoms with Gasteiger partial charge in [0.25, 0.3) is 0 Å². The van der Waals surface area contributed by atoms with Crippen LogP contribution in [0, 0.1) is 0 Å². The van der Waals surface area contributed by atoms with Crippen molar-refractivity contribution >= 4 is 17.6 Å². The Labute approximate surface area is 75.9 Å². The van der Waals surface area contributed by atoms with Crippen molar-refractivity contribution in [2.24, 2.45) is 10.7 Å². The van der Waals surface area contributed by atoms with E-state index in [9.17, 15) is 0 Å². The SMILES string of the molecule is CSC1N=C(N)c2ccccc21. The summed E-state index contributed by atoms with van der Waals surface area (Å²) >= 11 is 1.71. The third-order valence-electron chi connectivity index (χ3n) is 1.98. The molecule has 1 unspecified atom stereocenters. The molecule has 0 saturated heterocycles. The number of amidine groups is 1. The van der Waals surface area contributed by atoms with Gasteiger partial charge in [-0.1, -0.05) is 24.3 Å². The number of hydrogen-bond acceptors (Lipinski definition) is 3. The zero-order chi connectivity index (χ0) is 8.55. The molecular weight excluding hydrogens is 168 g/mol. The summed E-state index contributed by atoms with van der Waals surface area (Å²) in [5, 5.41) is 0.209. The van der Waals surface area contributed by atoms with Crippen molar-refractivity contribution in [1.29, 1.82) is 0 Å². The van der Waals surface area contributed by atoms with E-state index in [1.807, 2.05) is 24.5 Å². The molecule has 2 N–H and O–H groups in total. The van der Waals surface area contributed by atoms with Crippen LogP contribution in [0.3, 0.4) is 0 Å². The van der Waals surface area contributed by atoms with Gasteiger partial charge in [0.1, 0.15) is 11.2 Å². The van der Waals surface area contributed by atoms with Crippen LogP contribution in [0.25, 0.3) is 0 Å². The van der Waals surface area contributed by atoms with Gasteiger partial charge in [-0.25, -0.2) is 4.99 Å². The van der Waals surface area contributed by atoms with E-state index in [1.165, 1.54) is 5.56 Å². The number of fused-ring (bicyclic) bond motifs is 1. The van der Waals surface area contributed by atoms with Crippen molar-refractivity contribution in [2.45, 2.75) is 5.37 Å². The van der Waals surface area contributed by atoms with Crippen LogP contribution in [0.5, 0.6) is 0 Å². The zero-order valence-corrected chi connectivity index (χ0v) is 7.64. The molecular formula is C9H10N2S. The number of thioether (sulfide) groups is 1. The molecule has 0 fully saturated rings. The average Bonchev–Trinajstić information content (AvgIpc) is 2.44. The first-order chi connectivity index (χ1) is 5.83. The van der Waals surface area contributed by atoms with Gasteiger partial charge in [0.2, 0.25) is 0 Å². The molecule has 1 aliphatic rings. The molecule has 1 aromatic carbocycles. The minimum Gasteiger partial charge on any atom is -0.383 e. The van der Waals surface area contributed by atoms with E-state index in [2.05, 4.69) is 11.1 Å². The molecule has 62 valence electrons. The van der Waals surface area contributed by atoms with Gasteiger partial charge >= 0.3 is 0 Å². The molecule has 3 heteroatoms. The maximum absolute atomic E-state index is 5.75. The van der Waals surface area contributed by atoms with Gasteiger partial charge in [0.15, 0.2) is 0 Å². The maximum Gasteiger partial charge on any atom is 0.127 e. The standard InChI is InChI=1S/C9H10N2S/c1-12-9-7-5-3-2-4-6(7)8(10)11-9/h2-5,9H,1H3,(H2,10,11). The molecule has 0 spiro atoms. The lowest BCUT2D eigenvalue weighted by molar-refractivity contribution is 1.07. The molecule has 1 aromatic rings. The van der Waals surface area contributed by atoms with E-state index < -0.39 is 0 Å². The first-order valence-electron chi connectivity index (χ1n) is 3.78. The topological polar surface area (TPSA) is 38.4 Å². The van der Waals surface area contributed by atoms with Gasteiger partial charge in [-0.05, 0) is 11.8 Å². The van der Waals surface area contributed by atoms with Crippen LogP contribution in [-0.2, 0) is 0 Å². The quantitative estimate of drug-likeness (QED) is 0.711. The average molecular weight is 178 g/mol. The second-order valence-corrected chi connectivity index (χ2v) is 3.61. The number of aliphatic imine (C=N–C) groups is 1. The third kappa shape index (κ3) is 1.01. The van der Waals surface area contributed by atoms with Gasteiger partial charge in [0, 0.05) is 5.56 Å². The van der Waals surface area contributed by atoms with Crippen molar-refractivity contribution in [3.63, 3.8) is 0 Å². The summed E-state index contributed by atoms with van der Waals surface area (Å²) in [7, 11) is 0. The van der Waals surface area contributed by atoms with E-state index in [-0.39, 0.29) is 5.37 Å². The van der Waals surface area contributed by atoms with Crippen molar-refractivity contribution < 1.29 is 0 Å². The molecule has 2 rings (SSSR count). The monoisotopic (exact) mass is 178 g/mol. The summed E-state index contributed by atoms with van der Waals surface area (Å²) in [5.74, 6) is 0.671. The Morgan fingerprint density at radius 1 is 1.42 bits per heavy atom. The number of hydrogen-bond donors (Lipinski definition) is 1. The van der Waals surface area contributed by atoms with E-state index >= 15 is 0 Å². The Morgan fingerprint density at radius 2 is 2.17 bits per heavy atom. The Balaban J connectivity index is 2.52. The third-order valence-corrected chi connectivity index (χ3v) is 2.79. The lowest BCUT2D eigenvalue weighted by Gasteiger charge is -2.03. The summed E-state index contributed by atoms with van der Waals surface area (Å²) in [5.41, 5.74) is 8.08. The number of rotatable bonds is 1. The van der Waals surface area contributed by atoms with E-state index in [4.69, 9.17) is 5.73 Å². The highest BCUT2D eigenvalue weighted by Gasteiger charge is 2.21. The Kier molecular flexibility index (Phi) is 1.81. The summed E-state index contributed by atoms with van der Waals surface area (Å²) in [6, 6.07) is 8.12. The van der Waals surface area contributed by atoms with Crippen LogP contribution in [0.4, 0.5) is 0 Å². The first kappa shape index (κ1) is 7.68. The first-order valence-corrected chi connectivity index (χ1v) is 5.07. The summed E-state index contributed by atoms with van der Waals surface area (Å²) in [6.45, 7) is 0. The van der Waals surface area contributed by atoms with Crippen molar-refractivity contribution in [2.75, 3.05) is 6.26 Å². The Hall–Kier alpha value is -0.960. The predicted molar refractivity (Wildman–Crippen MR) is 53.4 cm³/mol. The molecule has 2 nitrogen and oxygen atoms in total. The van der Waals surface area contributed by atoms with Crippen LogP contribution in [-0.4, -0.2) is 12.1 Å². The van der Waals surface area contributed by atoms with Gasteiger partial charge in [0.05, 0.1) is 0 Å². The molecule has 0 radical (unpaired) electrons. The lowest BCUT2D eigenvalue weighted by Crippen LogP contribution is -2.09. The molecule has 1 aliphatic heterocycles. The van der Waals surface area contributed by atoms with Gasteiger partial charge < -0.3 is 5.73 Å². The van der Waals surface area contributed by atoms with Gasteiger partial charge in [-0.15, -0.1) is 11.8 Å². The number of benzene rings is 1. The van der Waals surface area contributed by atoms with Crippen LogP contribution in [0.2, 0.25) is 0 Å². The van der Waals surface area contributed by atoms with Gasteiger partial charge in [-0.2, -0.15) is 0 Å². The molecule has 0 saturated carbocycles.